The number of carbonyl (C=O) groups is 1. The third kappa shape index (κ3) is 1.88. The maximum absolute atomic E-state index is 11.5. The summed E-state index contributed by atoms with van der Waals surface area (Å²) in [4.78, 5) is 27.2. The van der Waals surface area contributed by atoms with Crippen molar-refractivity contribution in [3.8, 4) is 17.1 Å². The van der Waals surface area contributed by atoms with Crippen molar-refractivity contribution in [1.29, 1.82) is 0 Å². The molecular weight excluding hydrogens is 248 g/mol. The number of amides is 1. The summed E-state index contributed by atoms with van der Waals surface area (Å²) in [5.74, 6) is 0.651. The summed E-state index contributed by atoms with van der Waals surface area (Å²) in [5.41, 5.74) is 1.00. The van der Waals surface area contributed by atoms with Crippen LogP contribution in [-0.4, -0.2) is 26.8 Å². The smallest absolute Gasteiger partial charge is 0.266 e. The molecule has 0 spiro atoms. The van der Waals surface area contributed by atoms with E-state index in [1.165, 1.54) is 10.7 Å². The van der Waals surface area contributed by atoms with Crippen LogP contribution in [0, 0.1) is 0 Å². The lowest BCUT2D eigenvalue weighted by Crippen LogP contribution is -2.34. The van der Waals surface area contributed by atoms with E-state index in [1.54, 1.807) is 26.1 Å². The predicted molar refractivity (Wildman–Crippen MR) is 68.0 cm³/mol. The summed E-state index contributed by atoms with van der Waals surface area (Å²) in [5, 5.41) is 5.54. The second kappa shape index (κ2) is 3.98. The number of nitrogens with zero attached hydrogens (tertiary/aromatic N) is 2. The maximum atomic E-state index is 11.5. The van der Waals surface area contributed by atoms with E-state index in [0.717, 1.165) is 0 Å². The largest absolute Gasteiger partial charge is 0.477 e. The summed E-state index contributed by atoms with van der Waals surface area (Å²) in [7, 11) is 1.62. The Bertz CT molecular complexity index is 716. The van der Waals surface area contributed by atoms with Gasteiger partial charge in [0.15, 0.2) is 17.7 Å². The SMILES string of the molecule is CC1Oc2ccc(-c3cc(=O)n(C)[nH]3)nc2NC1=O. The first-order valence-corrected chi connectivity index (χ1v) is 5.79. The first-order chi connectivity index (χ1) is 9.04. The lowest BCUT2D eigenvalue weighted by molar-refractivity contribution is -0.122. The number of carbonyl (C=O) groups excluding carboxylic acids is 1. The van der Waals surface area contributed by atoms with Crippen molar-refractivity contribution in [3.05, 3.63) is 28.6 Å². The lowest BCUT2D eigenvalue weighted by atomic mass is 10.2. The molecule has 1 unspecified atom stereocenters. The van der Waals surface area contributed by atoms with Crippen LogP contribution < -0.4 is 15.6 Å². The minimum Gasteiger partial charge on any atom is -0.477 e. The monoisotopic (exact) mass is 260 g/mol. The minimum absolute atomic E-state index is 0.150. The molecule has 0 saturated heterocycles. The van der Waals surface area contributed by atoms with Crippen molar-refractivity contribution >= 4 is 11.7 Å². The van der Waals surface area contributed by atoms with Gasteiger partial charge < -0.3 is 10.1 Å². The number of fused-ring (bicyclic) bond motifs is 1. The van der Waals surface area contributed by atoms with Gasteiger partial charge in [0.2, 0.25) is 0 Å². The Morgan fingerprint density at radius 3 is 2.84 bits per heavy atom. The molecule has 0 aliphatic carbocycles. The zero-order chi connectivity index (χ0) is 13.6. The molecule has 3 rings (SSSR count). The molecule has 1 amide bonds. The Kier molecular flexibility index (Phi) is 2.41. The third-order valence-corrected chi connectivity index (χ3v) is 2.94. The van der Waals surface area contributed by atoms with Crippen molar-refractivity contribution in [2.45, 2.75) is 13.0 Å². The number of hydrogen-bond acceptors (Lipinski definition) is 4. The van der Waals surface area contributed by atoms with Gasteiger partial charge in [0.25, 0.3) is 11.5 Å². The lowest BCUT2D eigenvalue weighted by Gasteiger charge is -2.22. The van der Waals surface area contributed by atoms with Crippen LogP contribution >= 0.6 is 0 Å². The molecule has 2 aromatic heterocycles. The van der Waals surface area contributed by atoms with E-state index in [1.807, 2.05) is 0 Å². The van der Waals surface area contributed by atoms with Crippen LogP contribution in [0.2, 0.25) is 0 Å². The van der Waals surface area contributed by atoms with Crippen LogP contribution in [0.3, 0.4) is 0 Å². The number of hydrogen-bond donors (Lipinski definition) is 2. The predicted octanol–water partition coefficient (Wildman–Crippen LogP) is 0.495. The molecule has 3 heterocycles. The molecule has 1 aliphatic heterocycles. The number of ether oxygens (including phenoxy) is 1. The molecule has 2 aromatic rings. The van der Waals surface area contributed by atoms with Gasteiger partial charge in [-0.15, -0.1) is 0 Å². The summed E-state index contributed by atoms with van der Waals surface area (Å²) >= 11 is 0. The van der Waals surface area contributed by atoms with E-state index < -0.39 is 6.10 Å². The first-order valence-electron chi connectivity index (χ1n) is 5.79. The highest BCUT2D eigenvalue weighted by molar-refractivity contribution is 5.96. The Morgan fingerprint density at radius 2 is 2.16 bits per heavy atom. The molecule has 19 heavy (non-hydrogen) atoms. The van der Waals surface area contributed by atoms with Crippen LogP contribution in [0.4, 0.5) is 5.82 Å². The fraction of sp³-hybridized carbons (Fsp3) is 0.250. The van der Waals surface area contributed by atoms with Gasteiger partial charge in [-0.25, -0.2) is 4.98 Å². The Balaban J connectivity index is 2.04. The molecule has 98 valence electrons. The molecule has 0 saturated carbocycles. The van der Waals surface area contributed by atoms with Crippen LogP contribution in [-0.2, 0) is 11.8 Å². The molecule has 0 aromatic carbocycles. The van der Waals surface area contributed by atoms with Gasteiger partial charge in [-0.1, -0.05) is 0 Å². The number of aromatic amines is 1. The highest BCUT2D eigenvalue weighted by Gasteiger charge is 2.24. The van der Waals surface area contributed by atoms with Crippen molar-refractivity contribution in [2.24, 2.45) is 7.05 Å². The van der Waals surface area contributed by atoms with Crippen LogP contribution in [0.5, 0.6) is 5.75 Å². The fourth-order valence-electron chi connectivity index (χ4n) is 1.86. The van der Waals surface area contributed by atoms with Crippen molar-refractivity contribution in [2.75, 3.05) is 5.32 Å². The zero-order valence-corrected chi connectivity index (χ0v) is 10.4. The standard InChI is InChI=1S/C12H12N4O3/c1-6-12(18)14-11-9(19-6)4-3-7(13-11)8-5-10(17)16(2)15-8/h3-6,15H,1-2H3,(H,13,14,18). The molecule has 2 N–H and O–H groups in total. The van der Waals surface area contributed by atoms with E-state index >= 15 is 0 Å². The fourth-order valence-corrected chi connectivity index (χ4v) is 1.86. The molecule has 0 radical (unpaired) electrons. The Labute approximate surface area is 108 Å². The van der Waals surface area contributed by atoms with E-state index in [9.17, 15) is 9.59 Å². The van der Waals surface area contributed by atoms with Gasteiger partial charge in [0.05, 0.1) is 11.4 Å². The van der Waals surface area contributed by atoms with E-state index in [-0.39, 0.29) is 11.5 Å². The molecule has 1 atom stereocenters. The number of nitrogens with one attached hydrogen (secondary N) is 2. The summed E-state index contributed by atoms with van der Waals surface area (Å²) < 4.78 is 6.77. The normalized spacial score (nSPS) is 17.6. The number of rotatable bonds is 1. The van der Waals surface area contributed by atoms with Crippen molar-refractivity contribution < 1.29 is 9.53 Å². The van der Waals surface area contributed by atoms with Gasteiger partial charge in [0, 0.05) is 13.1 Å². The summed E-state index contributed by atoms with van der Waals surface area (Å²) in [6.07, 6.45) is -0.531. The van der Waals surface area contributed by atoms with E-state index in [2.05, 4.69) is 15.4 Å². The van der Waals surface area contributed by atoms with Gasteiger partial charge in [-0.2, -0.15) is 0 Å². The maximum Gasteiger partial charge on any atom is 0.266 e. The quantitative estimate of drug-likeness (QED) is 0.781. The second-order valence-electron chi connectivity index (χ2n) is 4.36. The minimum atomic E-state index is -0.531. The molecule has 0 fully saturated rings. The van der Waals surface area contributed by atoms with Gasteiger partial charge in [-0.3, -0.25) is 19.4 Å². The molecule has 7 heteroatoms. The van der Waals surface area contributed by atoms with Crippen molar-refractivity contribution in [1.82, 2.24) is 14.8 Å². The van der Waals surface area contributed by atoms with Crippen molar-refractivity contribution in [3.63, 3.8) is 0 Å². The second-order valence-corrected chi connectivity index (χ2v) is 4.36. The molecular formula is C12H12N4O3. The summed E-state index contributed by atoms with van der Waals surface area (Å²) in [6, 6.07) is 4.90. The Morgan fingerprint density at radius 1 is 1.37 bits per heavy atom. The molecule has 7 nitrogen and oxygen atoms in total. The van der Waals surface area contributed by atoms with Gasteiger partial charge >= 0.3 is 0 Å². The average Bonchev–Trinajstić information content (AvgIpc) is 2.71. The topological polar surface area (TPSA) is 89.0 Å². The molecule has 1 aliphatic rings. The van der Waals surface area contributed by atoms with Crippen LogP contribution in [0.15, 0.2) is 23.0 Å². The highest BCUT2D eigenvalue weighted by Crippen LogP contribution is 2.29. The number of anilines is 1. The zero-order valence-electron chi connectivity index (χ0n) is 10.4. The van der Waals surface area contributed by atoms with E-state index in [0.29, 0.717) is 23.0 Å². The highest BCUT2D eigenvalue weighted by atomic mass is 16.5. The number of pyridine rings is 1. The number of aryl methyl sites for hydroxylation is 1. The molecule has 0 bridgehead atoms. The number of H-pyrrole nitrogens is 1. The third-order valence-electron chi connectivity index (χ3n) is 2.94. The number of aromatic nitrogens is 3. The van der Waals surface area contributed by atoms with Gasteiger partial charge in [0.1, 0.15) is 0 Å². The first kappa shape index (κ1) is 11.5. The summed E-state index contributed by atoms with van der Waals surface area (Å²) in [6.45, 7) is 1.67. The van der Waals surface area contributed by atoms with Crippen LogP contribution in [0.1, 0.15) is 6.92 Å². The average molecular weight is 260 g/mol. The van der Waals surface area contributed by atoms with Gasteiger partial charge in [-0.05, 0) is 19.1 Å². The van der Waals surface area contributed by atoms with E-state index in [4.69, 9.17) is 4.74 Å². The van der Waals surface area contributed by atoms with Crippen LogP contribution in [0.25, 0.3) is 11.4 Å². The Hall–Kier alpha value is -2.57.